The molecule has 204 valence electrons. The van der Waals surface area contributed by atoms with Crippen LogP contribution in [-0.4, -0.2) is 50.7 Å². The first-order chi connectivity index (χ1) is 19.0. The van der Waals surface area contributed by atoms with Gasteiger partial charge in [0.1, 0.15) is 0 Å². The summed E-state index contributed by atoms with van der Waals surface area (Å²) in [4.78, 5) is 39.9. The molecule has 3 aromatic rings. The minimum Gasteiger partial charge on any atom is -0.493 e. The third-order valence-corrected chi connectivity index (χ3v) is 8.39. The predicted octanol–water partition coefficient (Wildman–Crippen LogP) is 6.05. The summed E-state index contributed by atoms with van der Waals surface area (Å²) in [5.74, 6) is -1.85. The van der Waals surface area contributed by atoms with Crippen LogP contribution in [0.3, 0.4) is 0 Å². The van der Waals surface area contributed by atoms with Crippen molar-refractivity contribution >= 4 is 68.7 Å². The van der Waals surface area contributed by atoms with Gasteiger partial charge in [0, 0.05) is 27.7 Å². The van der Waals surface area contributed by atoms with Gasteiger partial charge in [0.05, 0.1) is 28.6 Å². The number of allylic oxidation sites excluding steroid dienone is 1. The highest BCUT2D eigenvalue weighted by atomic mass is 32.2. The Hall–Kier alpha value is -4.16. The molecule has 10 nitrogen and oxygen atoms in total. The summed E-state index contributed by atoms with van der Waals surface area (Å²) >= 11 is 2.33. The van der Waals surface area contributed by atoms with Crippen molar-refractivity contribution in [2.24, 2.45) is 15.2 Å². The van der Waals surface area contributed by atoms with Crippen LogP contribution in [0.5, 0.6) is 5.88 Å². The zero-order chi connectivity index (χ0) is 28.8. The molecule has 2 aliphatic rings. The summed E-state index contributed by atoms with van der Waals surface area (Å²) in [6.07, 6.45) is 3.10. The van der Waals surface area contributed by atoms with Gasteiger partial charge in [-0.1, -0.05) is 18.2 Å². The lowest BCUT2D eigenvalue weighted by Gasteiger charge is -2.32. The highest BCUT2D eigenvalue weighted by molar-refractivity contribution is 8.18. The van der Waals surface area contributed by atoms with Crippen molar-refractivity contribution < 1.29 is 29.3 Å². The number of aromatic carboxylic acids is 1. The van der Waals surface area contributed by atoms with Crippen molar-refractivity contribution in [2.75, 3.05) is 12.9 Å². The van der Waals surface area contributed by atoms with Gasteiger partial charge < -0.3 is 19.5 Å². The third kappa shape index (κ3) is 4.95. The number of rotatable bonds is 6. The lowest BCUT2D eigenvalue weighted by molar-refractivity contribution is -0.135. The van der Waals surface area contributed by atoms with Crippen LogP contribution in [0.2, 0.25) is 0 Å². The first-order valence-corrected chi connectivity index (χ1v) is 13.9. The Bertz CT molecular complexity index is 1730. The normalized spacial score (nSPS) is 17.0. The number of nitrogens with zero attached hydrogens (tertiary/aromatic N) is 4. The molecule has 1 amide bonds. The molecule has 1 aromatic heterocycles. The Kier molecular flexibility index (Phi) is 7.15. The topological polar surface area (TPSA) is 143 Å². The number of carboxylic acids is 1. The Balaban J connectivity index is 1.53. The van der Waals surface area contributed by atoms with E-state index in [0.29, 0.717) is 16.0 Å². The fraction of sp³-hybridized carbons (Fsp3) is 0.214. The Morgan fingerprint density at radius 2 is 1.98 bits per heavy atom. The number of carboxylic acid groups (broad SMARTS) is 1. The van der Waals surface area contributed by atoms with Crippen LogP contribution in [-0.2, 0) is 19.9 Å². The van der Waals surface area contributed by atoms with E-state index in [1.54, 1.807) is 22.8 Å². The van der Waals surface area contributed by atoms with E-state index in [1.165, 1.54) is 18.9 Å². The van der Waals surface area contributed by atoms with E-state index in [0.717, 1.165) is 40.1 Å². The number of esters is 1. The zero-order valence-corrected chi connectivity index (χ0v) is 23.6. The van der Waals surface area contributed by atoms with Gasteiger partial charge in [-0.3, -0.25) is 4.79 Å². The van der Waals surface area contributed by atoms with E-state index in [2.05, 4.69) is 26.0 Å². The van der Waals surface area contributed by atoms with Gasteiger partial charge in [0.25, 0.3) is 5.91 Å². The van der Waals surface area contributed by atoms with Crippen LogP contribution >= 0.6 is 23.5 Å². The van der Waals surface area contributed by atoms with Gasteiger partial charge >= 0.3 is 11.9 Å². The van der Waals surface area contributed by atoms with Crippen molar-refractivity contribution in [2.45, 2.75) is 31.2 Å². The number of aryl methyl sites for hydroxylation is 1. The van der Waals surface area contributed by atoms with Gasteiger partial charge in [-0.25, -0.2) is 9.59 Å². The van der Waals surface area contributed by atoms with Gasteiger partial charge in [-0.15, -0.1) is 22.0 Å². The minimum atomic E-state index is -0.979. The largest absolute Gasteiger partial charge is 0.493 e. The molecule has 40 heavy (non-hydrogen) atoms. The number of carbonyl (C=O) groups is 3. The fourth-order valence-corrected chi connectivity index (χ4v) is 6.48. The molecule has 0 unspecified atom stereocenters. The molecule has 0 atom stereocenters. The molecule has 12 heteroatoms. The predicted molar refractivity (Wildman–Crippen MR) is 154 cm³/mol. The van der Waals surface area contributed by atoms with Crippen molar-refractivity contribution in [3.8, 4) is 5.88 Å². The van der Waals surface area contributed by atoms with Gasteiger partial charge in [-0.2, -0.15) is 4.99 Å². The number of ether oxygens (including phenoxy) is 1. The maximum atomic E-state index is 12.1. The number of aromatic hydroxyl groups is 1. The van der Waals surface area contributed by atoms with Crippen LogP contribution in [0.15, 0.2) is 73.6 Å². The number of methoxy groups -OCH3 is 1. The maximum Gasteiger partial charge on any atom is 0.336 e. The number of hydrogen-bond donors (Lipinski definition) is 2. The first-order valence-electron chi connectivity index (χ1n) is 12.1. The minimum absolute atomic E-state index is 0.0368. The van der Waals surface area contributed by atoms with E-state index in [-0.39, 0.29) is 27.2 Å². The van der Waals surface area contributed by atoms with Gasteiger partial charge in [0.2, 0.25) is 11.0 Å². The van der Waals surface area contributed by atoms with E-state index in [9.17, 15) is 24.6 Å². The number of amidine groups is 1. The average Bonchev–Trinajstić information content (AvgIpc) is 3.39. The van der Waals surface area contributed by atoms with Crippen molar-refractivity contribution in [3.63, 3.8) is 0 Å². The Morgan fingerprint density at radius 3 is 2.70 bits per heavy atom. The lowest BCUT2D eigenvalue weighted by Crippen LogP contribution is -2.27. The van der Waals surface area contributed by atoms with E-state index in [1.807, 2.05) is 39.0 Å². The molecular formula is C28H24N4O6S2. The molecule has 0 radical (unpaired) electrons. The standard InChI is InChI=1S/C28H24N4O6S2/c1-14-9-17-15(13-39-19-8-6-5-7-16(19)26(36)37)12-28(2,3)32-23(17)18(10-14)22(25(32)35)30-31-27-29-24(34)20(40-27)11-21(33)38-4/h5-12,35H,13H2,1-4H3,(H,36,37)/b20-11-,31-30?. The monoisotopic (exact) mass is 576 g/mol. The van der Waals surface area contributed by atoms with Crippen LogP contribution < -0.4 is 0 Å². The summed E-state index contributed by atoms with van der Waals surface area (Å²) in [6, 6.07) is 10.8. The molecule has 0 saturated heterocycles. The number of aromatic nitrogens is 1. The lowest BCUT2D eigenvalue weighted by atomic mass is 9.91. The highest BCUT2D eigenvalue weighted by Crippen LogP contribution is 2.49. The number of thioether (sulfide) groups is 2. The smallest absolute Gasteiger partial charge is 0.336 e. The first kappa shape index (κ1) is 27.4. The Labute approximate surface area is 237 Å². The Morgan fingerprint density at radius 1 is 1.23 bits per heavy atom. The zero-order valence-electron chi connectivity index (χ0n) is 22.0. The molecule has 0 bridgehead atoms. The summed E-state index contributed by atoms with van der Waals surface area (Å²) in [5.41, 5.74) is 3.43. The van der Waals surface area contributed by atoms with Crippen LogP contribution in [0.1, 0.15) is 35.3 Å². The number of benzene rings is 2. The maximum absolute atomic E-state index is 12.1. The van der Waals surface area contributed by atoms with Crippen LogP contribution in [0.4, 0.5) is 5.69 Å². The molecule has 0 spiro atoms. The second-order valence-corrected chi connectivity index (χ2v) is 11.7. The molecular weight excluding hydrogens is 552 g/mol. The van der Waals surface area contributed by atoms with Crippen molar-refractivity contribution in [3.05, 3.63) is 70.1 Å². The third-order valence-electron chi connectivity index (χ3n) is 6.40. The number of azo groups is 1. The molecule has 0 aliphatic carbocycles. The van der Waals surface area contributed by atoms with E-state index in [4.69, 9.17) is 0 Å². The SMILES string of the molecule is COC(=O)/C=C1\SC(N=Nc2c(O)n3c4c(cc(C)cc24)C(CSc2ccccc2C(=O)O)=CC3(C)C)=NC1=O. The second-order valence-electron chi connectivity index (χ2n) is 9.66. The van der Waals surface area contributed by atoms with Gasteiger partial charge in [0.15, 0.2) is 5.69 Å². The summed E-state index contributed by atoms with van der Waals surface area (Å²) in [7, 11) is 1.21. The number of amides is 1. The quantitative estimate of drug-likeness (QED) is 0.156. The molecule has 5 rings (SSSR count). The summed E-state index contributed by atoms with van der Waals surface area (Å²) in [5, 5.41) is 30.0. The molecule has 0 fully saturated rings. The average molecular weight is 577 g/mol. The number of aliphatic imine (C=N–C) groups is 1. The van der Waals surface area contributed by atoms with Crippen LogP contribution in [0, 0.1) is 6.92 Å². The molecule has 2 aromatic carbocycles. The van der Waals surface area contributed by atoms with E-state index < -0.39 is 23.4 Å². The molecule has 3 heterocycles. The van der Waals surface area contributed by atoms with Crippen molar-refractivity contribution in [1.29, 1.82) is 0 Å². The van der Waals surface area contributed by atoms with Crippen LogP contribution in [0.25, 0.3) is 16.5 Å². The second kappa shape index (κ2) is 10.4. The number of hydrogen-bond acceptors (Lipinski definition) is 9. The van der Waals surface area contributed by atoms with Gasteiger partial charge in [-0.05, 0) is 67.9 Å². The summed E-state index contributed by atoms with van der Waals surface area (Å²) < 4.78 is 6.36. The van der Waals surface area contributed by atoms with E-state index >= 15 is 0 Å². The van der Waals surface area contributed by atoms with Crippen molar-refractivity contribution in [1.82, 2.24) is 4.57 Å². The molecule has 2 N–H and O–H groups in total. The fourth-order valence-electron chi connectivity index (χ4n) is 4.75. The number of carbonyl (C=O) groups excluding carboxylic acids is 2. The molecule has 0 saturated carbocycles. The molecule has 2 aliphatic heterocycles. The highest BCUT2D eigenvalue weighted by Gasteiger charge is 2.34. The summed E-state index contributed by atoms with van der Waals surface area (Å²) in [6.45, 7) is 5.87.